The maximum atomic E-state index is 13.5. The van der Waals surface area contributed by atoms with Gasteiger partial charge in [0.05, 0.1) is 5.57 Å². The zero-order valence-corrected chi connectivity index (χ0v) is 17.8. The quantitative estimate of drug-likeness (QED) is 0.689. The molecule has 1 spiro atoms. The summed E-state index contributed by atoms with van der Waals surface area (Å²) in [6.07, 6.45) is 0.654. The Hall–Kier alpha value is -3.09. The summed E-state index contributed by atoms with van der Waals surface area (Å²) in [4.78, 5) is 40.2. The van der Waals surface area contributed by atoms with E-state index in [-0.39, 0.29) is 34.6 Å². The zero-order chi connectivity index (χ0) is 22.1. The molecule has 0 fully saturated rings. The van der Waals surface area contributed by atoms with Crippen LogP contribution in [0.25, 0.3) is 0 Å². The summed E-state index contributed by atoms with van der Waals surface area (Å²) in [5.41, 5.74) is 4.44. The lowest BCUT2D eigenvalue weighted by Gasteiger charge is -2.42. The number of nitrogens with two attached hydrogens (primary N) is 1. The number of hydrogen-bond acceptors (Lipinski definition) is 6. The van der Waals surface area contributed by atoms with Gasteiger partial charge in [-0.25, -0.2) is 4.79 Å². The number of fused-ring (bicyclic) bond motifs is 3. The number of benzene rings is 1. The van der Waals surface area contributed by atoms with Gasteiger partial charge < -0.3 is 20.5 Å². The first-order valence-corrected chi connectivity index (χ1v) is 9.96. The predicted octanol–water partition coefficient (Wildman–Crippen LogP) is 3.06. The number of amides is 1. The van der Waals surface area contributed by atoms with Gasteiger partial charge in [-0.2, -0.15) is 0 Å². The molecule has 7 heteroatoms. The van der Waals surface area contributed by atoms with Gasteiger partial charge in [0.25, 0.3) is 0 Å². The van der Waals surface area contributed by atoms with E-state index in [0.717, 1.165) is 0 Å². The molecule has 3 aliphatic rings. The molecule has 4 rings (SSSR count). The van der Waals surface area contributed by atoms with E-state index in [0.29, 0.717) is 23.4 Å². The molecular weight excluding hydrogens is 384 g/mol. The molecule has 1 aromatic rings. The van der Waals surface area contributed by atoms with E-state index >= 15 is 0 Å². The first kappa shape index (κ1) is 20.2. The molecule has 2 aliphatic heterocycles. The molecule has 0 saturated heterocycles. The minimum absolute atomic E-state index is 0.147. The molecule has 0 saturated carbocycles. The Balaban J connectivity index is 2.03. The van der Waals surface area contributed by atoms with Crippen molar-refractivity contribution in [3.63, 3.8) is 0 Å². The average molecular weight is 410 g/mol. The third kappa shape index (κ3) is 2.83. The molecule has 1 aliphatic carbocycles. The fraction of sp³-hybridized carbons (Fsp3) is 0.435. The van der Waals surface area contributed by atoms with Crippen LogP contribution in [0.2, 0.25) is 0 Å². The van der Waals surface area contributed by atoms with Crippen molar-refractivity contribution >= 4 is 23.3 Å². The number of esters is 1. The Morgan fingerprint density at radius 1 is 1.17 bits per heavy atom. The number of carbonyl (C=O) groups excluding carboxylic acids is 3. The highest BCUT2D eigenvalue weighted by Crippen LogP contribution is 2.56. The van der Waals surface area contributed by atoms with Crippen LogP contribution >= 0.6 is 0 Å². The van der Waals surface area contributed by atoms with E-state index in [1.165, 1.54) is 0 Å². The van der Waals surface area contributed by atoms with Crippen LogP contribution in [0.4, 0.5) is 5.69 Å². The van der Waals surface area contributed by atoms with Gasteiger partial charge in [0.15, 0.2) is 5.78 Å². The number of carbonyl (C=O) groups is 3. The highest BCUT2D eigenvalue weighted by molar-refractivity contribution is 6.22. The van der Waals surface area contributed by atoms with Crippen LogP contribution in [0.15, 0.2) is 47.1 Å². The Morgan fingerprint density at radius 2 is 1.83 bits per heavy atom. The number of ether oxygens (including phenoxy) is 2. The Labute approximate surface area is 175 Å². The van der Waals surface area contributed by atoms with Gasteiger partial charge in [0.2, 0.25) is 11.8 Å². The van der Waals surface area contributed by atoms with E-state index in [4.69, 9.17) is 15.2 Å². The summed E-state index contributed by atoms with van der Waals surface area (Å²) in [5, 5.41) is 2.82. The minimum Gasteiger partial charge on any atom is -0.456 e. The first-order valence-electron chi connectivity index (χ1n) is 9.96. The Kier molecular flexibility index (Phi) is 4.18. The van der Waals surface area contributed by atoms with E-state index in [1.54, 1.807) is 45.0 Å². The molecule has 158 valence electrons. The lowest BCUT2D eigenvalue weighted by molar-refractivity contribution is -0.152. The van der Waals surface area contributed by atoms with Gasteiger partial charge in [-0.1, -0.05) is 32.0 Å². The summed E-state index contributed by atoms with van der Waals surface area (Å²) in [7, 11) is 0. The predicted molar refractivity (Wildman–Crippen MR) is 110 cm³/mol. The molecule has 1 aromatic carbocycles. The van der Waals surface area contributed by atoms with Crippen LogP contribution in [0.5, 0.6) is 0 Å². The topological polar surface area (TPSA) is 108 Å². The number of anilines is 1. The third-order valence-electron chi connectivity index (χ3n) is 5.59. The van der Waals surface area contributed by atoms with Gasteiger partial charge >= 0.3 is 5.97 Å². The second-order valence-electron chi connectivity index (χ2n) is 9.83. The highest BCUT2D eigenvalue weighted by atomic mass is 16.6. The van der Waals surface area contributed by atoms with E-state index in [9.17, 15) is 14.4 Å². The number of hydrogen-bond donors (Lipinski definition) is 2. The largest absolute Gasteiger partial charge is 0.456 e. The Morgan fingerprint density at radius 3 is 2.50 bits per heavy atom. The maximum absolute atomic E-state index is 13.5. The third-order valence-corrected chi connectivity index (χ3v) is 5.59. The van der Waals surface area contributed by atoms with Crippen LogP contribution in [0, 0.1) is 5.41 Å². The number of para-hydroxylation sites is 1. The van der Waals surface area contributed by atoms with Crippen molar-refractivity contribution in [3.8, 4) is 0 Å². The SMILES string of the molecule is CC1(C)CC(=O)C2=C(C1)OC(N)=C(C(=O)OC(C)(C)C)[C@@]21C(=O)Nc2ccccc21. The van der Waals surface area contributed by atoms with Crippen LogP contribution in [-0.4, -0.2) is 23.3 Å². The monoisotopic (exact) mass is 410 g/mol. The van der Waals surface area contributed by atoms with Crippen molar-refractivity contribution < 1.29 is 23.9 Å². The lowest BCUT2D eigenvalue weighted by atomic mass is 9.62. The van der Waals surface area contributed by atoms with Crippen LogP contribution in [0.1, 0.15) is 53.0 Å². The van der Waals surface area contributed by atoms with E-state index in [2.05, 4.69) is 5.32 Å². The zero-order valence-electron chi connectivity index (χ0n) is 17.8. The normalized spacial score (nSPS) is 25.0. The van der Waals surface area contributed by atoms with Crippen LogP contribution < -0.4 is 11.1 Å². The van der Waals surface area contributed by atoms with Gasteiger partial charge in [0.1, 0.15) is 22.3 Å². The molecule has 2 heterocycles. The molecular formula is C23H26N2O5. The van der Waals surface area contributed by atoms with E-state index in [1.807, 2.05) is 13.8 Å². The van der Waals surface area contributed by atoms with Crippen molar-refractivity contribution in [2.45, 2.75) is 58.5 Å². The molecule has 0 radical (unpaired) electrons. The first-order chi connectivity index (χ1) is 13.9. The summed E-state index contributed by atoms with van der Waals surface area (Å²) in [6.45, 7) is 9.08. The second kappa shape index (κ2) is 6.20. The molecule has 1 amide bonds. The fourth-order valence-electron chi connectivity index (χ4n) is 4.60. The second-order valence-corrected chi connectivity index (χ2v) is 9.83. The summed E-state index contributed by atoms with van der Waals surface area (Å²) < 4.78 is 11.4. The lowest BCUT2D eigenvalue weighted by Crippen LogP contribution is -2.51. The van der Waals surface area contributed by atoms with Crippen LogP contribution in [-0.2, 0) is 29.3 Å². The van der Waals surface area contributed by atoms with Crippen LogP contribution in [0.3, 0.4) is 0 Å². The number of nitrogens with one attached hydrogen (secondary N) is 1. The Bertz CT molecular complexity index is 1060. The molecule has 1 atom stereocenters. The van der Waals surface area contributed by atoms with Gasteiger partial charge in [-0.15, -0.1) is 0 Å². The van der Waals surface area contributed by atoms with Gasteiger partial charge in [-0.05, 0) is 32.3 Å². The number of Topliss-reactive ketones (excluding diaryl/α,β-unsaturated/α-hetero) is 1. The average Bonchev–Trinajstić information content (AvgIpc) is 2.84. The number of allylic oxidation sites excluding steroid dienone is 1. The summed E-state index contributed by atoms with van der Waals surface area (Å²) in [5.74, 6) is -1.39. The fourth-order valence-corrected chi connectivity index (χ4v) is 4.60. The number of rotatable bonds is 1. The van der Waals surface area contributed by atoms with Crippen molar-refractivity contribution in [1.29, 1.82) is 0 Å². The molecule has 0 unspecified atom stereocenters. The maximum Gasteiger partial charge on any atom is 0.341 e. The smallest absolute Gasteiger partial charge is 0.341 e. The molecule has 30 heavy (non-hydrogen) atoms. The van der Waals surface area contributed by atoms with E-state index < -0.39 is 22.9 Å². The molecule has 3 N–H and O–H groups in total. The standard InChI is InChI=1S/C23H26N2O5/c1-21(2,3)30-19(27)17-18(24)29-15-11-22(4,5)10-14(26)16(15)23(17)12-8-6-7-9-13(12)25-20(23)28/h6-9H,10-11,24H2,1-5H3,(H,25,28)/t23-/m0/s1. The molecule has 0 aromatic heterocycles. The van der Waals surface area contributed by atoms with Gasteiger partial charge in [0, 0.05) is 24.1 Å². The summed E-state index contributed by atoms with van der Waals surface area (Å²) >= 11 is 0. The van der Waals surface area contributed by atoms with Crippen molar-refractivity contribution in [3.05, 3.63) is 52.6 Å². The van der Waals surface area contributed by atoms with Crippen molar-refractivity contribution in [1.82, 2.24) is 0 Å². The highest BCUT2D eigenvalue weighted by Gasteiger charge is 2.62. The molecule has 0 bridgehead atoms. The van der Waals surface area contributed by atoms with Crippen molar-refractivity contribution in [2.75, 3.05) is 5.32 Å². The van der Waals surface area contributed by atoms with Crippen molar-refractivity contribution in [2.24, 2.45) is 11.1 Å². The molecule has 7 nitrogen and oxygen atoms in total. The summed E-state index contributed by atoms with van der Waals surface area (Å²) in [6, 6.07) is 7.00. The number of ketones is 1. The van der Waals surface area contributed by atoms with Gasteiger partial charge in [-0.3, -0.25) is 9.59 Å². The minimum atomic E-state index is -1.69.